The summed E-state index contributed by atoms with van der Waals surface area (Å²) < 4.78 is 25.5. The predicted molar refractivity (Wildman–Crippen MR) is 97.2 cm³/mol. The van der Waals surface area contributed by atoms with Crippen LogP contribution in [0, 0.1) is 0 Å². The molecule has 25 heavy (non-hydrogen) atoms. The third kappa shape index (κ3) is 2.92. The van der Waals surface area contributed by atoms with Crippen LogP contribution >= 0.6 is 0 Å². The Kier molecular flexibility index (Phi) is 3.62. The molecule has 0 aliphatic rings. The zero-order chi connectivity index (χ0) is 17.4. The molecule has 1 heterocycles. The largest absolute Gasteiger partial charge is 0.319 e. The highest BCUT2D eigenvalue weighted by molar-refractivity contribution is 7.90. The van der Waals surface area contributed by atoms with Gasteiger partial charge in [0, 0.05) is 0 Å². The maximum Gasteiger partial charge on any atom is 0.271 e. The third-order valence-corrected chi connectivity index (χ3v) is 5.70. The minimum atomic E-state index is -3.68. The molecule has 1 N–H and O–H groups in total. The molecule has 4 aromatic rings. The van der Waals surface area contributed by atoms with Gasteiger partial charge in [0.2, 0.25) is 0 Å². The van der Waals surface area contributed by atoms with E-state index in [9.17, 15) is 13.2 Å². The normalized spacial score (nSPS) is 11.8. The van der Waals surface area contributed by atoms with Gasteiger partial charge in [-0.05, 0) is 35.0 Å². The molecule has 0 saturated heterocycles. The number of hydrogen-bond acceptors (Lipinski definition) is 4. The molecule has 3 aromatic carbocycles. The van der Waals surface area contributed by atoms with Crippen molar-refractivity contribution in [3.63, 3.8) is 0 Å². The number of sulfone groups is 1. The van der Waals surface area contributed by atoms with Crippen molar-refractivity contribution in [1.82, 2.24) is 9.97 Å². The quantitative estimate of drug-likeness (QED) is 0.616. The van der Waals surface area contributed by atoms with Gasteiger partial charge in [0.15, 0.2) is 9.84 Å². The molecule has 0 fully saturated rings. The van der Waals surface area contributed by atoms with Crippen molar-refractivity contribution >= 4 is 31.6 Å². The first-order valence-corrected chi connectivity index (χ1v) is 9.38. The van der Waals surface area contributed by atoms with Gasteiger partial charge in [0.1, 0.15) is 11.4 Å². The zero-order valence-corrected chi connectivity index (χ0v) is 14.0. The van der Waals surface area contributed by atoms with Crippen LogP contribution in [0.15, 0.2) is 76.4 Å². The average molecular weight is 350 g/mol. The van der Waals surface area contributed by atoms with E-state index in [1.54, 1.807) is 42.5 Å². The van der Waals surface area contributed by atoms with E-state index < -0.39 is 21.1 Å². The van der Waals surface area contributed by atoms with Crippen LogP contribution in [-0.4, -0.2) is 18.4 Å². The second-order valence-electron chi connectivity index (χ2n) is 5.80. The summed E-state index contributed by atoms with van der Waals surface area (Å²) in [7, 11) is -3.68. The summed E-state index contributed by atoms with van der Waals surface area (Å²) in [5.41, 5.74) is 0.653. The van der Waals surface area contributed by atoms with E-state index in [2.05, 4.69) is 9.97 Å². The van der Waals surface area contributed by atoms with Crippen LogP contribution in [0.2, 0.25) is 0 Å². The molecule has 4 rings (SSSR count). The van der Waals surface area contributed by atoms with Gasteiger partial charge in [-0.2, -0.15) is 0 Å². The van der Waals surface area contributed by atoms with E-state index in [1.165, 1.54) is 0 Å². The number of H-pyrrole nitrogens is 1. The first kappa shape index (κ1) is 15.5. The molecule has 0 bridgehead atoms. The highest BCUT2D eigenvalue weighted by Crippen LogP contribution is 2.21. The molecular formula is C19H14N2O3S. The highest BCUT2D eigenvalue weighted by Gasteiger charge is 2.19. The van der Waals surface area contributed by atoms with Crippen LogP contribution in [0.25, 0.3) is 21.8 Å². The molecule has 5 nitrogen and oxygen atoms in total. The summed E-state index contributed by atoms with van der Waals surface area (Å²) in [4.78, 5) is 19.3. The Balaban J connectivity index is 1.78. The van der Waals surface area contributed by atoms with Crippen LogP contribution in [0.4, 0.5) is 0 Å². The smallest absolute Gasteiger partial charge is 0.271 e. The first-order chi connectivity index (χ1) is 12.0. The molecule has 124 valence electrons. The molecule has 0 spiro atoms. The second-order valence-corrected chi connectivity index (χ2v) is 7.79. The number of fused-ring (bicyclic) bond motifs is 2. The zero-order valence-electron chi connectivity index (χ0n) is 13.1. The van der Waals surface area contributed by atoms with Gasteiger partial charge in [-0.25, -0.2) is 13.4 Å². The maximum absolute atomic E-state index is 12.7. The van der Waals surface area contributed by atoms with Crippen molar-refractivity contribution in [2.45, 2.75) is 10.6 Å². The van der Waals surface area contributed by atoms with Crippen LogP contribution < -0.4 is 5.56 Å². The monoisotopic (exact) mass is 350 g/mol. The van der Waals surface area contributed by atoms with Gasteiger partial charge in [0.25, 0.3) is 5.56 Å². The summed E-state index contributed by atoms with van der Waals surface area (Å²) >= 11 is 0. The number of hydrogen-bond donors (Lipinski definition) is 1. The van der Waals surface area contributed by atoms with Gasteiger partial charge in [-0.15, -0.1) is 0 Å². The Morgan fingerprint density at radius 2 is 1.60 bits per heavy atom. The highest BCUT2D eigenvalue weighted by atomic mass is 32.2. The Morgan fingerprint density at radius 3 is 2.44 bits per heavy atom. The summed E-state index contributed by atoms with van der Waals surface area (Å²) in [5.74, 6) is -0.439. The molecular weight excluding hydrogens is 336 g/mol. The lowest BCUT2D eigenvalue weighted by molar-refractivity contribution is 0.594. The van der Waals surface area contributed by atoms with E-state index in [0.717, 1.165) is 10.8 Å². The SMILES string of the molecule is O=c1[nH]c2ccccc2nc1CS(=O)(=O)c1ccc2ccccc2c1. The lowest BCUT2D eigenvalue weighted by Gasteiger charge is -2.06. The van der Waals surface area contributed by atoms with E-state index in [1.807, 2.05) is 24.3 Å². The fraction of sp³-hybridized carbons (Fsp3) is 0.0526. The second kappa shape index (κ2) is 5.82. The van der Waals surface area contributed by atoms with Gasteiger partial charge >= 0.3 is 0 Å². The van der Waals surface area contributed by atoms with Crippen molar-refractivity contribution in [2.75, 3.05) is 0 Å². The van der Waals surface area contributed by atoms with Crippen molar-refractivity contribution in [1.29, 1.82) is 0 Å². The fourth-order valence-electron chi connectivity index (χ4n) is 2.79. The van der Waals surface area contributed by atoms with E-state index in [4.69, 9.17) is 0 Å². The minimum absolute atomic E-state index is 0.00754. The molecule has 0 amide bonds. The lowest BCUT2D eigenvalue weighted by atomic mass is 10.1. The van der Waals surface area contributed by atoms with Gasteiger partial charge in [0.05, 0.1) is 15.9 Å². The van der Waals surface area contributed by atoms with E-state index in [-0.39, 0.29) is 10.6 Å². The number of benzene rings is 3. The molecule has 0 aliphatic carbocycles. The van der Waals surface area contributed by atoms with Crippen molar-refractivity contribution < 1.29 is 8.42 Å². The molecule has 0 unspecified atom stereocenters. The summed E-state index contributed by atoms with van der Waals surface area (Å²) in [6.45, 7) is 0. The molecule has 0 aliphatic heterocycles. The van der Waals surface area contributed by atoms with E-state index in [0.29, 0.717) is 11.0 Å². The fourth-order valence-corrected chi connectivity index (χ4v) is 4.09. The molecule has 6 heteroatoms. The number of aromatic nitrogens is 2. The van der Waals surface area contributed by atoms with Gasteiger partial charge < -0.3 is 4.98 Å². The maximum atomic E-state index is 12.7. The number of rotatable bonds is 3. The summed E-state index contributed by atoms with van der Waals surface area (Å²) in [6, 6.07) is 19.5. The molecule has 0 atom stereocenters. The Bertz CT molecular complexity index is 1260. The molecule has 0 saturated carbocycles. The number of para-hydroxylation sites is 2. The third-order valence-electron chi connectivity index (χ3n) is 4.08. The number of nitrogens with one attached hydrogen (secondary N) is 1. The molecule has 1 aromatic heterocycles. The molecule has 0 radical (unpaired) electrons. The van der Waals surface area contributed by atoms with Crippen molar-refractivity contribution in [2.24, 2.45) is 0 Å². The summed E-state index contributed by atoms with van der Waals surface area (Å²) in [6.07, 6.45) is 0. The number of nitrogens with zero attached hydrogens (tertiary/aromatic N) is 1. The van der Waals surface area contributed by atoms with E-state index >= 15 is 0 Å². The topological polar surface area (TPSA) is 79.9 Å². The first-order valence-electron chi connectivity index (χ1n) is 7.72. The average Bonchev–Trinajstić information content (AvgIpc) is 2.62. The van der Waals surface area contributed by atoms with Crippen molar-refractivity contribution in [3.8, 4) is 0 Å². The van der Waals surface area contributed by atoms with Crippen LogP contribution in [-0.2, 0) is 15.6 Å². The predicted octanol–water partition coefficient (Wildman–Crippen LogP) is 3.05. The number of aromatic amines is 1. The lowest BCUT2D eigenvalue weighted by Crippen LogP contribution is -2.19. The Labute approximate surface area is 143 Å². The summed E-state index contributed by atoms with van der Waals surface area (Å²) in [5, 5.41) is 1.80. The Hall–Kier alpha value is -2.99. The Morgan fingerprint density at radius 1 is 0.880 bits per heavy atom. The standard InChI is InChI=1S/C19H14N2O3S/c22-19-18(20-16-7-3-4-8-17(16)21-19)12-25(23,24)15-10-9-13-5-1-2-6-14(13)11-15/h1-11H,12H2,(H,21,22). The van der Waals surface area contributed by atoms with Gasteiger partial charge in [-0.3, -0.25) is 4.79 Å². The van der Waals surface area contributed by atoms with Crippen LogP contribution in [0.3, 0.4) is 0 Å². The van der Waals surface area contributed by atoms with Crippen LogP contribution in [0.1, 0.15) is 5.69 Å². The van der Waals surface area contributed by atoms with Gasteiger partial charge in [-0.1, -0.05) is 42.5 Å². The minimum Gasteiger partial charge on any atom is -0.319 e. The van der Waals surface area contributed by atoms with Crippen molar-refractivity contribution in [3.05, 3.63) is 82.8 Å². The van der Waals surface area contributed by atoms with Crippen LogP contribution in [0.5, 0.6) is 0 Å².